The molecule has 2 aliphatic rings. The van der Waals surface area contributed by atoms with Crippen LogP contribution in [0.3, 0.4) is 0 Å². The quantitative estimate of drug-likeness (QED) is 0.254. The Hall–Kier alpha value is -4.99. The molecule has 1 aromatic heterocycles. The molecule has 0 atom stereocenters. The van der Waals surface area contributed by atoms with Crippen LogP contribution in [0.4, 0.5) is 29.2 Å². The van der Waals surface area contributed by atoms with Crippen LogP contribution in [0.5, 0.6) is 17.4 Å². The predicted octanol–water partition coefficient (Wildman–Crippen LogP) is 4.29. The number of carboxylic acid groups (broad SMARTS) is 1. The highest BCUT2D eigenvalue weighted by molar-refractivity contribution is 6.01. The summed E-state index contributed by atoms with van der Waals surface area (Å²) in [5, 5.41) is 12.4. The molecule has 3 N–H and O–H groups in total. The molecule has 0 aliphatic carbocycles. The zero-order chi connectivity index (χ0) is 32.9. The van der Waals surface area contributed by atoms with Crippen molar-refractivity contribution >= 4 is 29.9 Å². The Morgan fingerprint density at radius 3 is 2.49 bits per heavy atom. The van der Waals surface area contributed by atoms with E-state index in [9.17, 15) is 22.8 Å². The summed E-state index contributed by atoms with van der Waals surface area (Å²) < 4.78 is 67.5. The van der Waals surface area contributed by atoms with Gasteiger partial charge in [-0.15, -0.1) is 0 Å². The number of fused-ring (bicyclic) bond motifs is 1. The van der Waals surface area contributed by atoms with Gasteiger partial charge in [-0.2, -0.15) is 18.2 Å². The molecule has 3 aromatic rings. The lowest BCUT2D eigenvalue weighted by molar-refractivity contribution is -0.139. The van der Waals surface area contributed by atoms with Crippen LogP contribution >= 0.6 is 0 Å². The van der Waals surface area contributed by atoms with E-state index in [2.05, 4.69) is 25.5 Å². The third-order valence-corrected chi connectivity index (χ3v) is 7.18. The van der Waals surface area contributed by atoms with Gasteiger partial charge in [0, 0.05) is 31.9 Å². The van der Waals surface area contributed by atoms with Crippen LogP contribution in [0.25, 0.3) is 0 Å². The van der Waals surface area contributed by atoms with Gasteiger partial charge < -0.3 is 35.0 Å². The first-order valence-corrected chi connectivity index (χ1v) is 13.6. The molecule has 5 rings (SSSR count). The van der Waals surface area contributed by atoms with E-state index in [4.69, 9.17) is 19.4 Å². The summed E-state index contributed by atoms with van der Waals surface area (Å²) in [5.41, 5.74) is -0.820. The zero-order valence-electron chi connectivity index (χ0n) is 24.4. The van der Waals surface area contributed by atoms with Crippen molar-refractivity contribution in [1.29, 1.82) is 0 Å². The smallest absolute Gasteiger partial charge is 0.423 e. The minimum Gasteiger partial charge on any atom is -0.495 e. The number of likely N-dealkylation sites (tertiary alicyclic amines) is 1. The van der Waals surface area contributed by atoms with Crippen LogP contribution in [-0.2, 0) is 17.5 Å². The zero-order valence-corrected chi connectivity index (χ0v) is 24.4. The molecule has 2 amide bonds. The van der Waals surface area contributed by atoms with E-state index in [-0.39, 0.29) is 53.3 Å². The number of piperidine rings is 1. The largest absolute Gasteiger partial charge is 0.495 e. The first kappa shape index (κ1) is 32.9. The number of hydrogen-bond acceptors (Lipinski definition) is 9. The Morgan fingerprint density at radius 2 is 1.84 bits per heavy atom. The summed E-state index contributed by atoms with van der Waals surface area (Å²) in [7, 11) is 4.84. The number of carbonyl (C=O) groups is 3. The third kappa shape index (κ3) is 7.57. The van der Waals surface area contributed by atoms with Crippen LogP contribution in [-0.4, -0.2) is 83.5 Å². The molecule has 45 heavy (non-hydrogen) atoms. The predicted molar refractivity (Wildman–Crippen MR) is 152 cm³/mol. The number of rotatable bonds is 7. The number of ether oxygens (including phenoxy) is 2. The number of aromatic nitrogens is 2. The number of nitrogens with one attached hydrogen (secondary N) is 2. The molecule has 1 saturated heterocycles. The monoisotopic (exact) mass is 634 g/mol. The SMILES string of the molecule is COc1cc(C(=O)NC2CCN(C)CC2)c(F)cc1Nc1ncc(C(F)(F)F)c(Oc2cccc3c2C(=O)N(C)C3)n1.O=CO. The van der Waals surface area contributed by atoms with Gasteiger partial charge in [-0.05, 0) is 50.7 Å². The standard InChI is InChI=1S/C28H28F4N6O4.CH2O2/c1-37-9-7-16(8-10-37)34-24(39)17-11-22(41-3)20(12-19(17)29)35-27-33-13-18(28(30,31)32)25(36-27)42-21-6-4-5-15-14-38(2)26(40)23(15)21;2-1-3/h4-6,11-13,16H,7-10,14H2,1-3H3,(H,34,39)(H,33,35,36);1H,(H,2,3). The Balaban J connectivity index is 0.00000148. The first-order chi connectivity index (χ1) is 21.4. The molecule has 0 radical (unpaired) electrons. The summed E-state index contributed by atoms with van der Waals surface area (Å²) in [4.78, 5) is 44.9. The van der Waals surface area contributed by atoms with Gasteiger partial charge in [0.25, 0.3) is 18.3 Å². The molecule has 2 aliphatic heterocycles. The van der Waals surface area contributed by atoms with Crippen LogP contribution < -0.4 is 20.1 Å². The van der Waals surface area contributed by atoms with E-state index >= 15 is 4.39 Å². The van der Waals surface area contributed by atoms with Gasteiger partial charge in [0.05, 0.1) is 23.9 Å². The number of methoxy groups -OCH3 is 1. The van der Waals surface area contributed by atoms with Gasteiger partial charge in [0.15, 0.2) is 0 Å². The average Bonchev–Trinajstić information content (AvgIpc) is 3.28. The second-order valence-electron chi connectivity index (χ2n) is 10.3. The van der Waals surface area contributed by atoms with Crippen molar-refractivity contribution in [1.82, 2.24) is 25.1 Å². The normalized spacial score (nSPS) is 15.1. The highest BCUT2D eigenvalue weighted by atomic mass is 19.4. The second-order valence-corrected chi connectivity index (χ2v) is 10.3. The number of amides is 2. The highest BCUT2D eigenvalue weighted by Gasteiger charge is 2.38. The van der Waals surface area contributed by atoms with E-state index < -0.39 is 35.3 Å². The van der Waals surface area contributed by atoms with Gasteiger partial charge in [-0.1, -0.05) is 12.1 Å². The molecule has 16 heteroatoms. The number of nitrogens with zero attached hydrogens (tertiary/aromatic N) is 4. The number of benzene rings is 2. The average molecular weight is 635 g/mol. The maximum atomic E-state index is 15.1. The van der Waals surface area contributed by atoms with Gasteiger partial charge in [-0.25, -0.2) is 9.37 Å². The second kappa shape index (κ2) is 13.8. The molecule has 0 unspecified atom stereocenters. The molecule has 0 saturated carbocycles. The fourth-order valence-corrected chi connectivity index (χ4v) is 4.89. The van der Waals surface area contributed by atoms with E-state index in [0.29, 0.717) is 11.8 Å². The molecule has 0 bridgehead atoms. The Labute approximate surface area is 255 Å². The number of carbonyl (C=O) groups excluding carboxylic acids is 2. The molecule has 0 spiro atoms. The lowest BCUT2D eigenvalue weighted by Crippen LogP contribution is -2.43. The molecular weight excluding hydrogens is 604 g/mol. The van der Waals surface area contributed by atoms with E-state index in [1.807, 2.05) is 7.05 Å². The van der Waals surface area contributed by atoms with Gasteiger partial charge >= 0.3 is 6.18 Å². The minimum absolute atomic E-state index is 0.0328. The van der Waals surface area contributed by atoms with Crippen LogP contribution in [0, 0.1) is 5.82 Å². The summed E-state index contributed by atoms with van der Waals surface area (Å²) in [5.74, 6) is -3.18. The Kier molecular flexibility index (Phi) is 10.1. The Morgan fingerprint density at radius 1 is 1.16 bits per heavy atom. The van der Waals surface area contributed by atoms with Gasteiger partial charge in [-0.3, -0.25) is 14.4 Å². The molecule has 2 aromatic carbocycles. The third-order valence-electron chi connectivity index (χ3n) is 7.18. The number of anilines is 2. The highest BCUT2D eigenvalue weighted by Crippen LogP contribution is 2.40. The summed E-state index contributed by atoms with van der Waals surface area (Å²) in [6, 6.07) is 6.68. The van der Waals surface area contributed by atoms with E-state index in [1.165, 1.54) is 24.1 Å². The number of hydrogen-bond donors (Lipinski definition) is 3. The van der Waals surface area contributed by atoms with Crippen molar-refractivity contribution in [2.75, 3.05) is 39.6 Å². The minimum atomic E-state index is -4.88. The van der Waals surface area contributed by atoms with Crippen molar-refractivity contribution in [3.8, 4) is 17.4 Å². The summed E-state index contributed by atoms with van der Waals surface area (Å²) in [6.45, 7) is 1.64. The molecule has 240 valence electrons. The molecular formula is C29H30F4N6O6. The lowest BCUT2D eigenvalue weighted by atomic mass is 10.0. The van der Waals surface area contributed by atoms with Gasteiger partial charge in [0.1, 0.15) is 22.9 Å². The van der Waals surface area contributed by atoms with E-state index in [1.54, 1.807) is 19.2 Å². The fourth-order valence-electron chi connectivity index (χ4n) is 4.89. The van der Waals surface area contributed by atoms with Crippen LogP contribution in [0.2, 0.25) is 0 Å². The lowest BCUT2D eigenvalue weighted by Gasteiger charge is -2.29. The summed E-state index contributed by atoms with van der Waals surface area (Å²) >= 11 is 0. The van der Waals surface area contributed by atoms with Crippen molar-refractivity contribution in [2.45, 2.75) is 31.6 Å². The van der Waals surface area contributed by atoms with Crippen molar-refractivity contribution < 1.29 is 46.5 Å². The fraction of sp³-hybridized carbons (Fsp3) is 0.345. The first-order valence-electron chi connectivity index (χ1n) is 13.6. The van der Waals surface area contributed by atoms with Crippen molar-refractivity contribution in [3.05, 3.63) is 64.6 Å². The molecule has 12 nitrogen and oxygen atoms in total. The number of alkyl halides is 3. The van der Waals surface area contributed by atoms with Crippen molar-refractivity contribution in [2.24, 2.45) is 0 Å². The Bertz CT molecular complexity index is 1580. The van der Waals surface area contributed by atoms with Crippen molar-refractivity contribution in [3.63, 3.8) is 0 Å². The van der Waals surface area contributed by atoms with Gasteiger partial charge in [0.2, 0.25) is 11.8 Å². The summed E-state index contributed by atoms with van der Waals surface area (Å²) in [6.07, 6.45) is -2.90. The van der Waals surface area contributed by atoms with Crippen LogP contribution in [0.15, 0.2) is 36.5 Å². The van der Waals surface area contributed by atoms with Crippen LogP contribution in [0.1, 0.15) is 44.7 Å². The maximum absolute atomic E-state index is 15.1. The molecule has 3 heterocycles. The maximum Gasteiger partial charge on any atom is 0.423 e. The topological polar surface area (TPSA) is 146 Å². The molecule has 1 fully saturated rings. The van der Waals surface area contributed by atoms with E-state index in [0.717, 1.165) is 32.0 Å². The number of halogens is 4.